The molecule has 0 fully saturated rings. The first-order valence-electron chi connectivity index (χ1n) is 11.2. The number of hydrogen-bond donors (Lipinski definition) is 2. The van der Waals surface area contributed by atoms with Crippen LogP contribution in [0.2, 0.25) is 0 Å². The fourth-order valence-corrected chi connectivity index (χ4v) is 4.26. The zero-order valence-electron chi connectivity index (χ0n) is 19.7. The van der Waals surface area contributed by atoms with Crippen LogP contribution >= 0.6 is 11.3 Å². The number of ether oxygens (including phenoxy) is 1. The van der Waals surface area contributed by atoms with Crippen LogP contribution in [0.3, 0.4) is 0 Å². The summed E-state index contributed by atoms with van der Waals surface area (Å²) in [4.78, 5) is 25.9. The van der Waals surface area contributed by atoms with Crippen LogP contribution < -0.4 is 15.4 Å². The number of rotatable bonds is 8. The Morgan fingerprint density at radius 1 is 0.829 bits per heavy atom. The molecule has 8 heteroatoms. The molecule has 4 rings (SSSR count). The number of nitrogens with zero attached hydrogens (tertiary/aromatic N) is 2. The average Bonchev–Trinajstić information content (AvgIpc) is 3.36. The van der Waals surface area contributed by atoms with Crippen molar-refractivity contribution in [3.8, 4) is 27.4 Å². The largest absolute Gasteiger partial charge is 0.497 e. The minimum atomic E-state index is -0.732. The van der Waals surface area contributed by atoms with Gasteiger partial charge in [-0.05, 0) is 53.4 Å². The van der Waals surface area contributed by atoms with Crippen LogP contribution in [0.1, 0.15) is 24.2 Å². The van der Waals surface area contributed by atoms with Gasteiger partial charge in [-0.2, -0.15) is 0 Å². The smallest absolute Gasteiger partial charge is 0.251 e. The molecule has 0 aliphatic rings. The number of carbonyl (C=O) groups is 2. The van der Waals surface area contributed by atoms with Gasteiger partial charge in [0.15, 0.2) is 0 Å². The van der Waals surface area contributed by atoms with Gasteiger partial charge >= 0.3 is 0 Å². The Morgan fingerprint density at radius 3 is 2.09 bits per heavy atom. The summed E-state index contributed by atoms with van der Waals surface area (Å²) in [6, 6.07) is 24.0. The third-order valence-electron chi connectivity index (χ3n) is 5.48. The summed E-state index contributed by atoms with van der Waals surface area (Å²) in [7, 11) is 1.61. The van der Waals surface area contributed by atoms with Crippen molar-refractivity contribution in [3.05, 3.63) is 84.4 Å². The topological polar surface area (TPSA) is 93.2 Å². The molecule has 0 aliphatic carbocycles. The molecule has 0 radical (unpaired) electrons. The fraction of sp³-hybridized carbons (Fsp3) is 0.185. The number of hydrogen-bond acceptors (Lipinski definition) is 6. The van der Waals surface area contributed by atoms with Crippen LogP contribution in [-0.4, -0.2) is 35.2 Å². The lowest BCUT2D eigenvalue weighted by Gasteiger charge is -2.21. The van der Waals surface area contributed by atoms with E-state index in [-0.39, 0.29) is 17.7 Å². The van der Waals surface area contributed by atoms with Gasteiger partial charge in [-0.1, -0.05) is 67.6 Å². The Kier molecular flexibility index (Phi) is 7.52. The molecule has 0 bridgehead atoms. The van der Waals surface area contributed by atoms with Gasteiger partial charge in [-0.25, -0.2) is 0 Å². The standard InChI is InChI=1S/C27H26N4O3S/c1-17(2)23(28-24(32)20-11-9-19(10-12-20)18-7-5-4-6-8-18)25(33)29-27-31-30-26(35-27)21-13-15-22(34-3)16-14-21/h4-17,23H,1-3H3,(H,28,32)(H,29,31,33). The number of anilines is 1. The number of carbonyl (C=O) groups excluding carboxylic acids is 2. The Bertz CT molecular complexity index is 1290. The van der Waals surface area contributed by atoms with Gasteiger partial charge in [0.2, 0.25) is 11.0 Å². The van der Waals surface area contributed by atoms with Crippen LogP contribution in [0.15, 0.2) is 78.9 Å². The molecule has 1 unspecified atom stereocenters. The molecule has 1 heterocycles. The maximum absolute atomic E-state index is 13.0. The highest BCUT2D eigenvalue weighted by Crippen LogP contribution is 2.28. The summed E-state index contributed by atoms with van der Waals surface area (Å²) in [5, 5.41) is 14.9. The van der Waals surface area contributed by atoms with Crippen molar-refractivity contribution < 1.29 is 14.3 Å². The monoisotopic (exact) mass is 486 g/mol. The van der Waals surface area contributed by atoms with E-state index in [9.17, 15) is 9.59 Å². The van der Waals surface area contributed by atoms with E-state index in [1.807, 2.05) is 80.6 Å². The highest BCUT2D eigenvalue weighted by atomic mass is 32.1. The lowest BCUT2D eigenvalue weighted by molar-refractivity contribution is -0.118. The van der Waals surface area contributed by atoms with E-state index in [0.29, 0.717) is 15.7 Å². The van der Waals surface area contributed by atoms with Crippen LogP contribution in [0.25, 0.3) is 21.7 Å². The summed E-state index contributed by atoms with van der Waals surface area (Å²) in [6.07, 6.45) is 0. The van der Waals surface area contributed by atoms with Crippen LogP contribution in [0, 0.1) is 5.92 Å². The SMILES string of the molecule is COc1ccc(-c2nnc(NC(=O)C(NC(=O)c3ccc(-c4ccccc4)cc3)C(C)C)s2)cc1. The molecule has 0 saturated carbocycles. The molecule has 7 nitrogen and oxygen atoms in total. The lowest BCUT2D eigenvalue weighted by Crippen LogP contribution is -2.47. The zero-order chi connectivity index (χ0) is 24.8. The average molecular weight is 487 g/mol. The third kappa shape index (κ3) is 5.91. The van der Waals surface area contributed by atoms with Crippen molar-refractivity contribution in [2.24, 2.45) is 5.92 Å². The highest BCUT2D eigenvalue weighted by Gasteiger charge is 2.26. The number of methoxy groups -OCH3 is 1. The van der Waals surface area contributed by atoms with E-state index in [1.54, 1.807) is 19.2 Å². The van der Waals surface area contributed by atoms with Crippen LogP contribution in [-0.2, 0) is 4.79 Å². The predicted octanol–water partition coefficient (Wildman–Crippen LogP) is 5.27. The number of nitrogens with one attached hydrogen (secondary N) is 2. The molecule has 0 spiro atoms. The molecule has 2 N–H and O–H groups in total. The Hall–Kier alpha value is -4.04. The maximum atomic E-state index is 13.0. The first-order chi connectivity index (χ1) is 16.9. The van der Waals surface area contributed by atoms with E-state index in [0.717, 1.165) is 22.4 Å². The second-order valence-electron chi connectivity index (χ2n) is 8.27. The van der Waals surface area contributed by atoms with Gasteiger partial charge in [0, 0.05) is 11.1 Å². The minimum Gasteiger partial charge on any atom is -0.497 e. The highest BCUT2D eigenvalue weighted by molar-refractivity contribution is 7.18. The van der Waals surface area contributed by atoms with E-state index < -0.39 is 6.04 Å². The summed E-state index contributed by atoms with van der Waals surface area (Å²) >= 11 is 1.26. The molecule has 4 aromatic rings. The molecular formula is C27H26N4O3S. The quantitative estimate of drug-likeness (QED) is 0.354. The van der Waals surface area contributed by atoms with Gasteiger partial charge in [0.05, 0.1) is 7.11 Å². The molecule has 35 heavy (non-hydrogen) atoms. The van der Waals surface area contributed by atoms with E-state index in [2.05, 4.69) is 20.8 Å². The first kappa shape index (κ1) is 24.1. The fourth-order valence-electron chi connectivity index (χ4n) is 3.51. The number of aromatic nitrogens is 2. The van der Waals surface area contributed by atoms with Crippen molar-refractivity contribution in [2.45, 2.75) is 19.9 Å². The molecule has 1 atom stereocenters. The van der Waals surface area contributed by atoms with Crippen LogP contribution in [0.4, 0.5) is 5.13 Å². The molecule has 178 valence electrons. The normalized spacial score (nSPS) is 11.7. The Morgan fingerprint density at radius 2 is 1.46 bits per heavy atom. The molecule has 1 aromatic heterocycles. The third-order valence-corrected chi connectivity index (χ3v) is 6.37. The molecular weight excluding hydrogens is 460 g/mol. The predicted molar refractivity (Wildman–Crippen MR) is 138 cm³/mol. The van der Waals surface area contributed by atoms with E-state index in [4.69, 9.17) is 4.74 Å². The van der Waals surface area contributed by atoms with Gasteiger partial charge in [-0.15, -0.1) is 10.2 Å². The maximum Gasteiger partial charge on any atom is 0.251 e. The van der Waals surface area contributed by atoms with Crippen molar-refractivity contribution in [3.63, 3.8) is 0 Å². The molecule has 0 aliphatic heterocycles. The van der Waals surface area contributed by atoms with Crippen molar-refractivity contribution >= 4 is 28.3 Å². The second-order valence-corrected chi connectivity index (χ2v) is 9.25. The first-order valence-corrected chi connectivity index (χ1v) is 12.0. The summed E-state index contributed by atoms with van der Waals surface area (Å²) in [5.41, 5.74) is 3.45. The van der Waals surface area contributed by atoms with Gasteiger partial charge < -0.3 is 10.1 Å². The summed E-state index contributed by atoms with van der Waals surface area (Å²) < 4.78 is 5.18. The number of amides is 2. The minimum absolute atomic E-state index is 0.128. The Labute approximate surface area is 208 Å². The van der Waals surface area contributed by atoms with Crippen molar-refractivity contribution in [1.82, 2.24) is 15.5 Å². The van der Waals surface area contributed by atoms with E-state index in [1.165, 1.54) is 11.3 Å². The second kappa shape index (κ2) is 10.9. The lowest BCUT2D eigenvalue weighted by atomic mass is 10.0. The summed E-state index contributed by atoms with van der Waals surface area (Å²) in [6.45, 7) is 3.76. The zero-order valence-corrected chi connectivity index (χ0v) is 20.5. The van der Waals surface area contributed by atoms with Gasteiger partial charge in [0.1, 0.15) is 16.8 Å². The van der Waals surface area contributed by atoms with E-state index >= 15 is 0 Å². The van der Waals surface area contributed by atoms with Crippen LogP contribution in [0.5, 0.6) is 5.75 Å². The van der Waals surface area contributed by atoms with Gasteiger partial charge in [-0.3, -0.25) is 14.9 Å². The van der Waals surface area contributed by atoms with Gasteiger partial charge in [0.25, 0.3) is 5.91 Å². The molecule has 2 amide bonds. The van der Waals surface area contributed by atoms with Crippen molar-refractivity contribution in [2.75, 3.05) is 12.4 Å². The number of benzene rings is 3. The molecule has 0 saturated heterocycles. The Balaban J connectivity index is 1.41. The van der Waals surface area contributed by atoms with Crippen molar-refractivity contribution in [1.29, 1.82) is 0 Å². The summed E-state index contributed by atoms with van der Waals surface area (Å²) in [5.74, 6) is -0.0325. The molecule has 3 aromatic carbocycles.